The highest BCUT2D eigenvalue weighted by atomic mass is 32.1. The van der Waals surface area contributed by atoms with Gasteiger partial charge in [0.15, 0.2) is 11.0 Å². The Balaban J connectivity index is 1.49. The fourth-order valence-electron chi connectivity index (χ4n) is 2.75. The minimum Gasteiger partial charge on any atom is -0.353 e. The number of aromatic nitrogens is 3. The predicted octanol–water partition coefficient (Wildman–Crippen LogP) is 2.93. The zero-order valence-electron chi connectivity index (χ0n) is 12.7. The van der Waals surface area contributed by atoms with Crippen molar-refractivity contribution in [2.45, 2.75) is 0 Å². The normalized spacial score (nSPS) is 15.0. The van der Waals surface area contributed by atoms with Crippen LogP contribution in [0.25, 0.3) is 11.4 Å². The molecule has 0 atom stereocenters. The fourth-order valence-corrected chi connectivity index (χ4v) is 3.45. The zero-order valence-corrected chi connectivity index (χ0v) is 13.5. The molecule has 0 saturated carbocycles. The summed E-state index contributed by atoms with van der Waals surface area (Å²) in [5, 5.41) is 3.13. The van der Waals surface area contributed by atoms with Gasteiger partial charge in [-0.2, -0.15) is 0 Å². The van der Waals surface area contributed by atoms with Gasteiger partial charge in [0.2, 0.25) is 0 Å². The topological polar surface area (TPSA) is 45.2 Å². The summed E-state index contributed by atoms with van der Waals surface area (Å²) in [5.41, 5.74) is 1.05. The molecule has 0 spiro atoms. The van der Waals surface area contributed by atoms with Gasteiger partial charge in [0.1, 0.15) is 5.82 Å². The van der Waals surface area contributed by atoms with Gasteiger partial charge in [0.05, 0.1) is 0 Å². The first kappa shape index (κ1) is 14.1. The molecule has 1 aromatic carbocycles. The molecule has 6 heteroatoms. The molecule has 0 amide bonds. The largest absolute Gasteiger partial charge is 0.353 e. The van der Waals surface area contributed by atoms with Gasteiger partial charge in [-0.1, -0.05) is 30.3 Å². The lowest BCUT2D eigenvalue weighted by molar-refractivity contribution is 0.645. The summed E-state index contributed by atoms with van der Waals surface area (Å²) in [6.45, 7) is 3.84. The number of piperazine rings is 1. The average Bonchev–Trinajstić information content (AvgIpc) is 3.17. The third-order valence-electron chi connectivity index (χ3n) is 3.97. The summed E-state index contributed by atoms with van der Waals surface area (Å²) >= 11 is 1.70. The Morgan fingerprint density at radius 1 is 0.826 bits per heavy atom. The van der Waals surface area contributed by atoms with Crippen LogP contribution in [0.3, 0.4) is 0 Å². The smallest absolute Gasteiger partial charge is 0.185 e. The van der Waals surface area contributed by atoms with E-state index >= 15 is 0 Å². The lowest BCUT2D eigenvalue weighted by Gasteiger charge is -2.35. The molecule has 0 aliphatic carbocycles. The van der Waals surface area contributed by atoms with E-state index in [2.05, 4.69) is 19.8 Å². The van der Waals surface area contributed by atoms with Crippen molar-refractivity contribution in [3.05, 3.63) is 54.2 Å². The first-order valence-corrected chi connectivity index (χ1v) is 8.56. The maximum atomic E-state index is 4.74. The van der Waals surface area contributed by atoms with E-state index in [9.17, 15) is 0 Å². The molecule has 0 N–H and O–H groups in total. The number of hydrogen-bond donors (Lipinski definition) is 0. The van der Waals surface area contributed by atoms with Gasteiger partial charge < -0.3 is 9.80 Å². The Morgan fingerprint density at radius 2 is 1.61 bits per heavy atom. The molecule has 1 fully saturated rings. The molecule has 1 aliphatic heterocycles. The van der Waals surface area contributed by atoms with Crippen LogP contribution in [0, 0.1) is 0 Å². The average molecular weight is 323 g/mol. The van der Waals surface area contributed by atoms with Crippen molar-refractivity contribution in [3.8, 4) is 11.4 Å². The molecule has 23 heavy (non-hydrogen) atoms. The number of anilines is 2. The van der Waals surface area contributed by atoms with Crippen molar-refractivity contribution in [1.82, 2.24) is 15.0 Å². The minimum absolute atomic E-state index is 0.783. The standard InChI is InChI=1S/C17H17N5S/c1-2-4-14(5-3-1)16-18-7-6-15(20-16)21-9-11-22(12-10-21)17-19-8-13-23-17/h1-8,13H,9-12H2. The van der Waals surface area contributed by atoms with Crippen LogP contribution in [0.5, 0.6) is 0 Å². The molecule has 5 nitrogen and oxygen atoms in total. The summed E-state index contributed by atoms with van der Waals surface area (Å²) in [6.07, 6.45) is 3.71. The maximum absolute atomic E-state index is 4.74. The van der Waals surface area contributed by atoms with E-state index in [-0.39, 0.29) is 0 Å². The van der Waals surface area contributed by atoms with E-state index in [0.29, 0.717) is 0 Å². The van der Waals surface area contributed by atoms with E-state index < -0.39 is 0 Å². The molecule has 1 saturated heterocycles. The predicted molar refractivity (Wildman–Crippen MR) is 94.0 cm³/mol. The molecule has 4 rings (SSSR count). The van der Waals surface area contributed by atoms with Crippen LogP contribution in [0.1, 0.15) is 0 Å². The van der Waals surface area contributed by atoms with Gasteiger partial charge in [-0.15, -0.1) is 11.3 Å². The lowest BCUT2D eigenvalue weighted by Crippen LogP contribution is -2.46. The van der Waals surface area contributed by atoms with Gasteiger partial charge in [0, 0.05) is 49.5 Å². The molecule has 0 radical (unpaired) electrons. The highest BCUT2D eigenvalue weighted by molar-refractivity contribution is 7.13. The van der Waals surface area contributed by atoms with Gasteiger partial charge in [-0.3, -0.25) is 0 Å². The van der Waals surface area contributed by atoms with Crippen molar-refractivity contribution < 1.29 is 0 Å². The summed E-state index contributed by atoms with van der Waals surface area (Å²) in [6, 6.07) is 12.1. The minimum atomic E-state index is 0.783. The monoisotopic (exact) mass is 323 g/mol. The summed E-state index contributed by atoms with van der Waals surface area (Å²) in [5.74, 6) is 1.78. The molecule has 0 unspecified atom stereocenters. The van der Waals surface area contributed by atoms with E-state index in [1.807, 2.05) is 54.2 Å². The molecule has 3 heterocycles. The summed E-state index contributed by atoms with van der Waals surface area (Å²) in [4.78, 5) is 18.2. The highest BCUT2D eigenvalue weighted by Crippen LogP contribution is 2.22. The third kappa shape index (κ3) is 3.03. The quantitative estimate of drug-likeness (QED) is 0.741. The van der Waals surface area contributed by atoms with Crippen LogP contribution in [-0.4, -0.2) is 41.1 Å². The van der Waals surface area contributed by atoms with Crippen molar-refractivity contribution in [3.63, 3.8) is 0 Å². The van der Waals surface area contributed by atoms with E-state index in [0.717, 1.165) is 48.5 Å². The molecule has 0 bridgehead atoms. The zero-order chi connectivity index (χ0) is 15.5. The Kier molecular flexibility index (Phi) is 3.90. The van der Waals surface area contributed by atoms with E-state index in [1.54, 1.807) is 11.3 Å². The number of rotatable bonds is 3. The van der Waals surface area contributed by atoms with E-state index in [4.69, 9.17) is 4.98 Å². The number of thiazole rings is 1. The Morgan fingerprint density at radius 3 is 2.35 bits per heavy atom. The van der Waals surface area contributed by atoms with Gasteiger partial charge in [-0.25, -0.2) is 15.0 Å². The second-order valence-electron chi connectivity index (χ2n) is 5.39. The molecule has 116 valence electrons. The molecular weight excluding hydrogens is 306 g/mol. The SMILES string of the molecule is c1ccc(-c2nccc(N3CCN(c4nccs4)CC3)n2)cc1. The Labute approximate surface area is 139 Å². The van der Waals surface area contributed by atoms with Gasteiger partial charge in [0.25, 0.3) is 0 Å². The van der Waals surface area contributed by atoms with Gasteiger partial charge >= 0.3 is 0 Å². The van der Waals surface area contributed by atoms with E-state index in [1.165, 1.54) is 0 Å². The summed E-state index contributed by atoms with van der Waals surface area (Å²) in [7, 11) is 0. The second kappa shape index (κ2) is 6.34. The molecule has 1 aliphatic rings. The number of hydrogen-bond acceptors (Lipinski definition) is 6. The Bertz CT molecular complexity index is 752. The lowest BCUT2D eigenvalue weighted by atomic mass is 10.2. The molecular formula is C17H17N5S. The number of nitrogens with zero attached hydrogens (tertiary/aromatic N) is 5. The van der Waals surface area contributed by atoms with Crippen molar-refractivity contribution in [1.29, 1.82) is 0 Å². The third-order valence-corrected chi connectivity index (χ3v) is 4.80. The van der Waals surface area contributed by atoms with Crippen LogP contribution in [0.2, 0.25) is 0 Å². The fraction of sp³-hybridized carbons (Fsp3) is 0.235. The number of benzene rings is 1. The van der Waals surface area contributed by atoms with Crippen LogP contribution >= 0.6 is 11.3 Å². The van der Waals surface area contributed by atoms with Gasteiger partial charge in [-0.05, 0) is 6.07 Å². The van der Waals surface area contributed by atoms with Crippen molar-refractivity contribution in [2.75, 3.05) is 36.0 Å². The first-order chi connectivity index (χ1) is 11.4. The highest BCUT2D eigenvalue weighted by Gasteiger charge is 2.20. The molecule has 3 aromatic rings. The molecule has 2 aromatic heterocycles. The van der Waals surface area contributed by atoms with Crippen LogP contribution in [0.4, 0.5) is 10.9 Å². The first-order valence-electron chi connectivity index (χ1n) is 7.68. The maximum Gasteiger partial charge on any atom is 0.185 e. The second-order valence-corrected chi connectivity index (χ2v) is 6.27. The van der Waals surface area contributed by atoms with Crippen LogP contribution in [0.15, 0.2) is 54.2 Å². The summed E-state index contributed by atoms with van der Waals surface area (Å²) < 4.78 is 0. The Hall–Kier alpha value is -2.47. The van der Waals surface area contributed by atoms with Crippen molar-refractivity contribution in [2.24, 2.45) is 0 Å². The van der Waals surface area contributed by atoms with Crippen LogP contribution < -0.4 is 9.80 Å². The van der Waals surface area contributed by atoms with Crippen LogP contribution in [-0.2, 0) is 0 Å². The van der Waals surface area contributed by atoms with Crippen molar-refractivity contribution >= 4 is 22.3 Å².